The minimum Gasteiger partial charge on any atom is -0.381 e. The van der Waals surface area contributed by atoms with E-state index < -0.39 is 5.41 Å². The number of ether oxygens (including phenoxy) is 1. The summed E-state index contributed by atoms with van der Waals surface area (Å²) in [6.07, 6.45) is 1.31. The van der Waals surface area contributed by atoms with Gasteiger partial charge in [-0.15, -0.1) is 0 Å². The number of rotatable bonds is 8. The van der Waals surface area contributed by atoms with Gasteiger partial charge in [0.25, 0.3) is 0 Å². The third-order valence-corrected chi connectivity index (χ3v) is 2.66. The van der Waals surface area contributed by atoms with E-state index in [2.05, 4.69) is 25.2 Å². The zero-order valence-electron chi connectivity index (χ0n) is 11.4. The van der Waals surface area contributed by atoms with Crippen LogP contribution in [-0.2, 0) is 9.53 Å². The maximum absolute atomic E-state index is 11.7. The van der Waals surface area contributed by atoms with E-state index in [4.69, 9.17) is 10.00 Å². The molecule has 4 heteroatoms. The SMILES string of the molecule is CCC(C)(C#N)C(=O)NCCCOCC(C)C. The molecule has 1 unspecified atom stereocenters. The first-order valence-electron chi connectivity index (χ1n) is 6.23. The average Bonchev–Trinajstić information content (AvgIpc) is 2.31. The Balaban J connectivity index is 3.69. The van der Waals surface area contributed by atoms with Crippen LogP contribution in [0.5, 0.6) is 0 Å². The molecule has 1 amide bonds. The van der Waals surface area contributed by atoms with Gasteiger partial charge in [0.15, 0.2) is 0 Å². The molecular weight excluding hydrogens is 216 g/mol. The van der Waals surface area contributed by atoms with E-state index in [9.17, 15) is 4.79 Å². The lowest BCUT2D eigenvalue weighted by Crippen LogP contribution is -2.38. The number of hydrogen-bond donors (Lipinski definition) is 1. The molecule has 0 saturated carbocycles. The van der Waals surface area contributed by atoms with E-state index >= 15 is 0 Å². The highest BCUT2D eigenvalue weighted by Gasteiger charge is 2.30. The van der Waals surface area contributed by atoms with Gasteiger partial charge >= 0.3 is 0 Å². The Kier molecular flexibility index (Phi) is 7.56. The van der Waals surface area contributed by atoms with Crippen molar-refractivity contribution in [2.24, 2.45) is 11.3 Å². The summed E-state index contributed by atoms with van der Waals surface area (Å²) in [5, 5.41) is 11.7. The van der Waals surface area contributed by atoms with Crippen LogP contribution in [0.25, 0.3) is 0 Å². The van der Waals surface area contributed by atoms with Crippen LogP contribution >= 0.6 is 0 Å². The number of carbonyl (C=O) groups is 1. The van der Waals surface area contributed by atoms with Gasteiger partial charge in [-0.05, 0) is 25.7 Å². The van der Waals surface area contributed by atoms with E-state index in [0.29, 0.717) is 25.5 Å². The summed E-state index contributed by atoms with van der Waals surface area (Å²) < 4.78 is 5.40. The van der Waals surface area contributed by atoms with Crippen LogP contribution in [0.4, 0.5) is 0 Å². The molecule has 0 fully saturated rings. The van der Waals surface area contributed by atoms with Crippen LogP contribution in [0, 0.1) is 22.7 Å². The van der Waals surface area contributed by atoms with Crippen molar-refractivity contribution < 1.29 is 9.53 Å². The van der Waals surface area contributed by atoms with Gasteiger partial charge in [0.2, 0.25) is 5.91 Å². The number of nitriles is 1. The summed E-state index contributed by atoms with van der Waals surface area (Å²) in [6.45, 7) is 9.66. The van der Waals surface area contributed by atoms with Crippen LogP contribution in [0.2, 0.25) is 0 Å². The molecule has 0 spiro atoms. The van der Waals surface area contributed by atoms with Crippen molar-refractivity contribution >= 4 is 5.91 Å². The number of nitrogens with zero attached hydrogens (tertiary/aromatic N) is 1. The molecule has 0 bridgehead atoms. The molecule has 0 heterocycles. The van der Waals surface area contributed by atoms with Gasteiger partial charge in [-0.25, -0.2) is 0 Å². The largest absolute Gasteiger partial charge is 0.381 e. The Labute approximate surface area is 104 Å². The van der Waals surface area contributed by atoms with E-state index in [1.807, 2.05) is 6.92 Å². The molecule has 0 rings (SSSR count). The van der Waals surface area contributed by atoms with Crippen molar-refractivity contribution in [1.82, 2.24) is 5.32 Å². The molecule has 0 aromatic heterocycles. The molecule has 0 radical (unpaired) electrons. The molecule has 0 aliphatic rings. The molecule has 17 heavy (non-hydrogen) atoms. The summed E-state index contributed by atoms with van der Waals surface area (Å²) in [7, 11) is 0. The fourth-order valence-electron chi connectivity index (χ4n) is 1.18. The normalized spacial score (nSPS) is 14.1. The smallest absolute Gasteiger partial charge is 0.240 e. The van der Waals surface area contributed by atoms with Gasteiger partial charge < -0.3 is 10.1 Å². The number of amides is 1. The highest BCUT2D eigenvalue weighted by molar-refractivity contribution is 5.84. The van der Waals surface area contributed by atoms with E-state index in [1.165, 1.54) is 0 Å². The van der Waals surface area contributed by atoms with Gasteiger partial charge in [-0.1, -0.05) is 20.8 Å². The monoisotopic (exact) mass is 240 g/mol. The van der Waals surface area contributed by atoms with E-state index in [-0.39, 0.29) is 5.91 Å². The van der Waals surface area contributed by atoms with Crippen molar-refractivity contribution in [3.8, 4) is 6.07 Å². The van der Waals surface area contributed by atoms with Crippen LogP contribution < -0.4 is 5.32 Å². The van der Waals surface area contributed by atoms with Crippen LogP contribution in [-0.4, -0.2) is 25.7 Å². The van der Waals surface area contributed by atoms with Gasteiger partial charge in [0.05, 0.1) is 6.07 Å². The standard InChI is InChI=1S/C13H24N2O2/c1-5-13(4,10-14)12(16)15-7-6-8-17-9-11(2)3/h11H,5-9H2,1-4H3,(H,15,16). The zero-order valence-corrected chi connectivity index (χ0v) is 11.4. The van der Waals surface area contributed by atoms with Gasteiger partial charge in [-0.3, -0.25) is 4.79 Å². The first-order chi connectivity index (χ1) is 7.96. The molecule has 1 N–H and O–H groups in total. The second-order valence-electron chi connectivity index (χ2n) is 4.88. The summed E-state index contributed by atoms with van der Waals surface area (Å²) >= 11 is 0. The van der Waals surface area contributed by atoms with Crippen molar-refractivity contribution in [1.29, 1.82) is 5.26 Å². The molecule has 4 nitrogen and oxygen atoms in total. The predicted octanol–water partition coefficient (Wildman–Crippen LogP) is 2.11. The Morgan fingerprint density at radius 1 is 1.53 bits per heavy atom. The quantitative estimate of drug-likeness (QED) is 0.661. The zero-order chi connectivity index (χ0) is 13.3. The van der Waals surface area contributed by atoms with Crippen molar-refractivity contribution in [2.45, 2.75) is 40.5 Å². The first-order valence-corrected chi connectivity index (χ1v) is 6.23. The fraction of sp³-hybridized carbons (Fsp3) is 0.846. The average molecular weight is 240 g/mol. The second-order valence-corrected chi connectivity index (χ2v) is 4.88. The minimum absolute atomic E-state index is 0.189. The van der Waals surface area contributed by atoms with E-state index in [0.717, 1.165) is 13.0 Å². The third kappa shape index (κ3) is 6.28. The van der Waals surface area contributed by atoms with Gasteiger partial charge in [0, 0.05) is 19.8 Å². The molecule has 0 aliphatic carbocycles. The summed E-state index contributed by atoms with van der Waals surface area (Å²) in [4.78, 5) is 11.7. The highest BCUT2D eigenvalue weighted by atomic mass is 16.5. The first kappa shape index (κ1) is 15.9. The predicted molar refractivity (Wildman–Crippen MR) is 67.3 cm³/mol. The molecule has 0 aromatic rings. The minimum atomic E-state index is -0.904. The van der Waals surface area contributed by atoms with Gasteiger partial charge in [-0.2, -0.15) is 5.26 Å². The summed E-state index contributed by atoms with van der Waals surface area (Å²) in [6, 6.07) is 2.05. The molecule has 0 aliphatic heterocycles. The molecule has 0 aromatic carbocycles. The number of nitrogens with one attached hydrogen (secondary N) is 1. The second kappa shape index (κ2) is 8.08. The fourth-order valence-corrected chi connectivity index (χ4v) is 1.18. The Bertz CT molecular complexity index is 271. The summed E-state index contributed by atoms with van der Waals surface area (Å²) in [5.74, 6) is 0.345. The maximum Gasteiger partial charge on any atom is 0.240 e. The lowest BCUT2D eigenvalue weighted by molar-refractivity contribution is -0.127. The van der Waals surface area contributed by atoms with E-state index in [1.54, 1.807) is 6.92 Å². The van der Waals surface area contributed by atoms with Crippen molar-refractivity contribution in [3.05, 3.63) is 0 Å². The Hall–Kier alpha value is -1.08. The van der Waals surface area contributed by atoms with Crippen LogP contribution in [0.3, 0.4) is 0 Å². The molecule has 1 atom stereocenters. The topological polar surface area (TPSA) is 62.1 Å². The molecule has 98 valence electrons. The molecular formula is C13H24N2O2. The van der Waals surface area contributed by atoms with Crippen LogP contribution in [0.1, 0.15) is 40.5 Å². The Morgan fingerprint density at radius 3 is 2.65 bits per heavy atom. The highest BCUT2D eigenvalue weighted by Crippen LogP contribution is 2.19. The lowest BCUT2D eigenvalue weighted by atomic mass is 9.88. The summed E-state index contributed by atoms with van der Waals surface area (Å²) in [5.41, 5.74) is -0.904. The van der Waals surface area contributed by atoms with Crippen molar-refractivity contribution in [3.63, 3.8) is 0 Å². The van der Waals surface area contributed by atoms with Gasteiger partial charge in [0.1, 0.15) is 5.41 Å². The lowest BCUT2D eigenvalue weighted by Gasteiger charge is -2.18. The third-order valence-electron chi connectivity index (χ3n) is 2.66. The van der Waals surface area contributed by atoms with Crippen molar-refractivity contribution in [2.75, 3.05) is 19.8 Å². The number of hydrogen-bond acceptors (Lipinski definition) is 3. The maximum atomic E-state index is 11.7. The Morgan fingerprint density at radius 2 is 2.18 bits per heavy atom. The van der Waals surface area contributed by atoms with Crippen LogP contribution in [0.15, 0.2) is 0 Å². The molecule has 0 saturated heterocycles. The number of carbonyl (C=O) groups excluding carboxylic acids is 1.